The summed E-state index contributed by atoms with van der Waals surface area (Å²) in [5.74, 6) is 1.40. The van der Waals surface area contributed by atoms with Gasteiger partial charge in [-0.2, -0.15) is 0 Å². The van der Waals surface area contributed by atoms with Gasteiger partial charge < -0.3 is 19.5 Å². The molecule has 0 radical (unpaired) electrons. The van der Waals surface area contributed by atoms with Gasteiger partial charge in [-0.25, -0.2) is 8.42 Å². The fourth-order valence-corrected chi connectivity index (χ4v) is 5.12. The highest BCUT2D eigenvalue weighted by Gasteiger charge is 2.27. The average Bonchev–Trinajstić information content (AvgIpc) is 2.87. The largest absolute Gasteiger partial charge is 0.496 e. The summed E-state index contributed by atoms with van der Waals surface area (Å²) < 4.78 is 44.0. The Kier molecular flexibility index (Phi) is 8.59. The number of nitrogens with zero attached hydrogens (tertiary/aromatic N) is 1. The van der Waals surface area contributed by atoms with Gasteiger partial charge in [0.2, 0.25) is 5.91 Å². The van der Waals surface area contributed by atoms with Crippen LogP contribution in [0.25, 0.3) is 0 Å². The molecule has 0 aliphatic carbocycles. The number of carbonyl (C=O) groups excluding carboxylic acids is 1. The summed E-state index contributed by atoms with van der Waals surface area (Å²) in [5.41, 5.74) is 2.03. The van der Waals surface area contributed by atoms with Crippen molar-refractivity contribution in [3.8, 4) is 17.2 Å². The smallest absolute Gasteiger partial charge is 0.264 e. The molecule has 0 saturated carbocycles. The van der Waals surface area contributed by atoms with Crippen molar-refractivity contribution in [3.63, 3.8) is 0 Å². The van der Waals surface area contributed by atoms with E-state index in [1.807, 2.05) is 12.1 Å². The van der Waals surface area contributed by atoms with E-state index in [2.05, 4.69) is 5.32 Å². The number of amides is 1. The average molecular weight is 499 g/mol. The summed E-state index contributed by atoms with van der Waals surface area (Å²) in [6, 6.07) is 18.7. The summed E-state index contributed by atoms with van der Waals surface area (Å²) in [7, 11) is 0.652. The van der Waals surface area contributed by atoms with E-state index in [1.165, 1.54) is 13.2 Å². The number of ether oxygens (including phenoxy) is 3. The number of aryl methyl sites for hydroxylation is 1. The molecular formula is C26H30N2O6S. The Morgan fingerprint density at radius 3 is 2.14 bits per heavy atom. The van der Waals surface area contributed by atoms with Crippen LogP contribution >= 0.6 is 0 Å². The molecule has 1 N–H and O–H groups in total. The Hall–Kier alpha value is -3.72. The van der Waals surface area contributed by atoms with E-state index in [4.69, 9.17) is 14.2 Å². The quantitative estimate of drug-likeness (QED) is 0.434. The summed E-state index contributed by atoms with van der Waals surface area (Å²) in [5, 5.41) is 2.81. The van der Waals surface area contributed by atoms with Crippen molar-refractivity contribution in [1.82, 2.24) is 5.32 Å². The van der Waals surface area contributed by atoms with Crippen LogP contribution in [-0.2, 0) is 21.2 Å². The van der Waals surface area contributed by atoms with Gasteiger partial charge in [-0.15, -0.1) is 0 Å². The number of hydrogen-bond donors (Lipinski definition) is 1. The van der Waals surface area contributed by atoms with Gasteiger partial charge >= 0.3 is 0 Å². The maximum Gasteiger partial charge on any atom is 0.264 e. The maximum absolute atomic E-state index is 13.5. The van der Waals surface area contributed by atoms with Crippen LogP contribution in [-0.4, -0.2) is 48.7 Å². The summed E-state index contributed by atoms with van der Waals surface area (Å²) in [6.45, 7) is 1.74. The molecule has 3 aromatic rings. The minimum atomic E-state index is -4.00. The lowest BCUT2D eigenvalue weighted by Crippen LogP contribution is -2.41. The molecule has 3 aromatic carbocycles. The molecule has 0 fully saturated rings. The lowest BCUT2D eigenvalue weighted by molar-refractivity contribution is -0.119. The lowest BCUT2D eigenvalue weighted by Gasteiger charge is -2.24. The molecule has 8 nitrogen and oxygen atoms in total. The van der Waals surface area contributed by atoms with E-state index in [1.54, 1.807) is 69.7 Å². The van der Waals surface area contributed by atoms with Crippen molar-refractivity contribution < 1.29 is 27.4 Å². The number of carbonyl (C=O) groups is 1. The molecule has 9 heteroatoms. The first kappa shape index (κ1) is 25.9. The molecule has 1 amide bonds. The van der Waals surface area contributed by atoms with E-state index in [9.17, 15) is 13.2 Å². The molecule has 35 heavy (non-hydrogen) atoms. The number of nitrogens with one attached hydrogen (secondary N) is 1. The highest BCUT2D eigenvalue weighted by atomic mass is 32.2. The third-order valence-corrected chi connectivity index (χ3v) is 7.24. The van der Waals surface area contributed by atoms with Crippen molar-refractivity contribution in [2.45, 2.75) is 18.2 Å². The molecule has 0 atom stereocenters. The molecule has 0 heterocycles. The molecule has 0 unspecified atom stereocenters. The van der Waals surface area contributed by atoms with Crippen molar-refractivity contribution >= 4 is 21.6 Å². The van der Waals surface area contributed by atoms with Crippen molar-refractivity contribution in [2.75, 3.05) is 38.7 Å². The molecule has 0 spiro atoms. The molecule has 0 aliphatic rings. The van der Waals surface area contributed by atoms with E-state index < -0.39 is 15.9 Å². The van der Waals surface area contributed by atoms with E-state index in [-0.39, 0.29) is 11.4 Å². The van der Waals surface area contributed by atoms with Gasteiger partial charge in [0, 0.05) is 6.54 Å². The Labute approximate surface area is 206 Å². The molecular weight excluding hydrogens is 468 g/mol. The number of methoxy groups -OCH3 is 3. The monoisotopic (exact) mass is 498 g/mol. The predicted molar refractivity (Wildman–Crippen MR) is 135 cm³/mol. The highest BCUT2D eigenvalue weighted by Crippen LogP contribution is 2.28. The molecule has 0 bridgehead atoms. The molecule has 0 saturated heterocycles. The predicted octanol–water partition coefficient (Wildman–Crippen LogP) is 3.58. The molecule has 186 valence electrons. The van der Waals surface area contributed by atoms with Crippen molar-refractivity contribution in [1.29, 1.82) is 0 Å². The van der Waals surface area contributed by atoms with Gasteiger partial charge in [-0.3, -0.25) is 9.10 Å². The van der Waals surface area contributed by atoms with Gasteiger partial charge in [0.25, 0.3) is 10.0 Å². The Balaban J connectivity index is 1.75. The second-order valence-electron chi connectivity index (χ2n) is 7.77. The van der Waals surface area contributed by atoms with E-state index in [0.717, 1.165) is 9.87 Å². The van der Waals surface area contributed by atoms with Gasteiger partial charge in [-0.1, -0.05) is 24.3 Å². The second kappa shape index (κ2) is 11.6. The highest BCUT2D eigenvalue weighted by molar-refractivity contribution is 7.92. The zero-order chi connectivity index (χ0) is 25.4. The third-order valence-electron chi connectivity index (χ3n) is 5.47. The van der Waals surface area contributed by atoms with E-state index in [0.29, 0.717) is 41.5 Å². The standard InChI is InChI=1S/C26H30N2O6S/c1-19-16-22(11-13-23(19)32-2)35(30,31)28(21-8-6-5-7-9-21)18-26(29)27-15-14-20-10-12-24(33-3)25(17-20)34-4/h5-13,16-17H,14-15,18H2,1-4H3,(H,27,29). The normalized spacial score (nSPS) is 11.0. The number of para-hydroxylation sites is 1. The SMILES string of the molecule is COc1ccc(S(=O)(=O)N(CC(=O)NCCc2ccc(OC)c(OC)c2)c2ccccc2)cc1C. The zero-order valence-corrected chi connectivity index (χ0v) is 21.1. The van der Waals surface area contributed by atoms with Crippen LogP contribution in [0.2, 0.25) is 0 Å². The lowest BCUT2D eigenvalue weighted by atomic mass is 10.1. The van der Waals surface area contributed by atoms with Crippen LogP contribution in [0.4, 0.5) is 5.69 Å². The first-order valence-corrected chi connectivity index (χ1v) is 12.4. The van der Waals surface area contributed by atoms with Crippen LogP contribution in [0.1, 0.15) is 11.1 Å². The molecule has 0 aromatic heterocycles. The zero-order valence-electron chi connectivity index (χ0n) is 20.3. The number of sulfonamides is 1. The van der Waals surface area contributed by atoms with Crippen LogP contribution in [0.15, 0.2) is 71.6 Å². The number of anilines is 1. The van der Waals surface area contributed by atoms with Crippen LogP contribution in [0.5, 0.6) is 17.2 Å². The minimum absolute atomic E-state index is 0.0813. The minimum Gasteiger partial charge on any atom is -0.496 e. The molecule has 3 rings (SSSR count). The summed E-state index contributed by atoms with van der Waals surface area (Å²) in [4.78, 5) is 12.9. The number of hydrogen-bond acceptors (Lipinski definition) is 6. The van der Waals surface area contributed by atoms with Crippen LogP contribution in [0.3, 0.4) is 0 Å². The van der Waals surface area contributed by atoms with Gasteiger partial charge in [-0.05, 0) is 66.9 Å². The second-order valence-corrected chi connectivity index (χ2v) is 9.63. The Bertz CT molecular complexity index is 1260. The van der Waals surface area contributed by atoms with Crippen LogP contribution in [0, 0.1) is 6.92 Å². The number of rotatable bonds is 11. The van der Waals surface area contributed by atoms with Gasteiger partial charge in [0.05, 0.1) is 31.9 Å². The summed E-state index contributed by atoms with van der Waals surface area (Å²) >= 11 is 0. The van der Waals surface area contributed by atoms with Gasteiger partial charge in [0.1, 0.15) is 12.3 Å². The van der Waals surface area contributed by atoms with Crippen molar-refractivity contribution in [2.24, 2.45) is 0 Å². The Morgan fingerprint density at radius 1 is 0.857 bits per heavy atom. The fraction of sp³-hybridized carbons (Fsp3) is 0.269. The topological polar surface area (TPSA) is 94.2 Å². The third kappa shape index (κ3) is 6.24. The van der Waals surface area contributed by atoms with Crippen molar-refractivity contribution in [3.05, 3.63) is 77.9 Å². The van der Waals surface area contributed by atoms with Crippen LogP contribution < -0.4 is 23.8 Å². The maximum atomic E-state index is 13.5. The fourth-order valence-electron chi connectivity index (χ4n) is 3.62. The first-order valence-electron chi connectivity index (χ1n) is 11.0. The first-order chi connectivity index (χ1) is 16.8. The number of benzene rings is 3. The molecule has 0 aliphatic heterocycles. The van der Waals surface area contributed by atoms with E-state index >= 15 is 0 Å². The summed E-state index contributed by atoms with van der Waals surface area (Å²) in [6.07, 6.45) is 0.544. The van der Waals surface area contributed by atoms with Gasteiger partial charge in [0.15, 0.2) is 11.5 Å². The Morgan fingerprint density at radius 2 is 1.51 bits per heavy atom.